The Bertz CT molecular complexity index is 1040. The second kappa shape index (κ2) is 22.9. The first-order valence-electron chi connectivity index (χ1n) is 15.7. The number of rotatable bonds is 21. The molecule has 0 atom stereocenters. The molecule has 0 aliphatic heterocycles. The van der Waals surface area contributed by atoms with Crippen molar-refractivity contribution < 1.29 is 57.1 Å². The van der Waals surface area contributed by atoms with E-state index in [2.05, 4.69) is 6.92 Å². The molecule has 1 heterocycles. The molecule has 0 bridgehead atoms. The molecule has 0 fully saturated rings. The molecule has 0 saturated carbocycles. The second-order valence-corrected chi connectivity index (χ2v) is 10.8. The molecule has 0 radical (unpaired) electrons. The van der Waals surface area contributed by atoms with E-state index in [0.29, 0.717) is 29.4 Å². The number of halogens is 1. The Balaban J connectivity index is 0.00000924. The Labute approximate surface area is 276 Å². The standard InChI is InChI=1S/C34H53N2O6.HI/c1-6-8-9-10-11-12-13-14-15-16-17-18-23-41-33-31(39-4)24-30(25-32(33)40-5)27-42-34(38)36(28(3)37)26-29-19-21-35(7-2)22-20-29;/h19-22,24-25H,6-18,23,26-27H2,1-5H3;1H/q+1;/p-1. The lowest BCUT2D eigenvalue weighted by Crippen LogP contribution is -3.00. The van der Waals surface area contributed by atoms with Gasteiger partial charge in [-0.15, -0.1) is 0 Å². The van der Waals surface area contributed by atoms with Crippen LogP contribution in [0, 0.1) is 0 Å². The highest BCUT2D eigenvalue weighted by molar-refractivity contribution is 5.90. The average molecular weight is 713 g/mol. The maximum Gasteiger partial charge on any atom is 0.417 e. The summed E-state index contributed by atoms with van der Waals surface area (Å²) in [6.07, 6.45) is 18.6. The van der Waals surface area contributed by atoms with Crippen molar-refractivity contribution in [3.05, 3.63) is 47.8 Å². The van der Waals surface area contributed by atoms with Crippen molar-refractivity contribution >= 4 is 12.0 Å². The summed E-state index contributed by atoms with van der Waals surface area (Å²) in [7, 11) is 3.14. The van der Waals surface area contributed by atoms with E-state index in [1.54, 1.807) is 26.4 Å². The van der Waals surface area contributed by atoms with Gasteiger partial charge in [0.1, 0.15) is 13.2 Å². The van der Waals surface area contributed by atoms with E-state index in [-0.39, 0.29) is 43.0 Å². The van der Waals surface area contributed by atoms with Gasteiger partial charge in [0.25, 0.3) is 0 Å². The number of aromatic nitrogens is 1. The number of carbonyl (C=O) groups excluding carboxylic acids is 2. The van der Waals surface area contributed by atoms with E-state index in [0.717, 1.165) is 29.8 Å². The third-order valence-electron chi connectivity index (χ3n) is 7.39. The Morgan fingerprint density at radius 3 is 1.74 bits per heavy atom. The highest BCUT2D eigenvalue weighted by Gasteiger charge is 2.22. The lowest BCUT2D eigenvalue weighted by atomic mass is 10.1. The van der Waals surface area contributed by atoms with E-state index in [9.17, 15) is 9.59 Å². The van der Waals surface area contributed by atoms with Gasteiger partial charge < -0.3 is 42.9 Å². The Morgan fingerprint density at radius 2 is 1.28 bits per heavy atom. The summed E-state index contributed by atoms with van der Waals surface area (Å²) in [6.45, 7) is 7.16. The molecule has 2 amide bonds. The molecule has 0 saturated heterocycles. The molecule has 0 unspecified atom stereocenters. The van der Waals surface area contributed by atoms with Crippen molar-refractivity contribution in [3.63, 3.8) is 0 Å². The number of benzene rings is 1. The van der Waals surface area contributed by atoms with Gasteiger partial charge in [-0.1, -0.05) is 77.6 Å². The first-order valence-corrected chi connectivity index (χ1v) is 15.7. The number of aryl methyl sites for hydroxylation is 1. The van der Waals surface area contributed by atoms with Gasteiger partial charge in [-0.25, -0.2) is 14.3 Å². The minimum absolute atomic E-state index is 0. The zero-order valence-electron chi connectivity index (χ0n) is 27.0. The average Bonchev–Trinajstić information content (AvgIpc) is 3.00. The number of hydrogen-bond donors (Lipinski definition) is 0. The largest absolute Gasteiger partial charge is 1.00 e. The van der Waals surface area contributed by atoms with E-state index in [4.69, 9.17) is 18.9 Å². The molecule has 1 aromatic heterocycles. The van der Waals surface area contributed by atoms with E-state index in [1.807, 2.05) is 36.0 Å². The predicted octanol–water partition coefficient (Wildman–Crippen LogP) is 4.78. The zero-order valence-corrected chi connectivity index (χ0v) is 29.2. The Morgan fingerprint density at radius 1 is 0.767 bits per heavy atom. The van der Waals surface area contributed by atoms with Crippen LogP contribution in [0.3, 0.4) is 0 Å². The second-order valence-electron chi connectivity index (χ2n) is 10.8. The van der Waals surface area contributed by atoms with Crippen LogP contribution in [-0.2, 0) is 29.2 Å². The van der Waals surface area contributed by atoms with Gasteiger partial charge in [-0.2, -0.15) is 0 Å². The molecule has 1 aromatic carbocycles. The summed E-state index contributed by atoms with van der Waals surface area (Å²) in [5, 5.41) is 0. The van der Waals surface area contributed by atoms with Gasteiger partial charge in [0.2, 0.25) is 11.7 Å². The van der Waals surface area contributed by atoms with Crippen LogP contribution in [0.5, 0.6) is 17.2 Å². The van der Waals surface area contributed by atoms with Gasteiger partial charge in [0, 0.05) is 19.1 Å². The Hall–Kier alpha value is -2.56. The van der Waals surface area contributed by atoms with E-state index >= 15 is 0 Å². The van der Waals surface area contributed by atoms with Crippen LogP contribution in [0.1, 0.15) is 109 Å². The topological polar surface area (TPSA) is 78.2 Å². The molecule has 242 valence electrons. The number of imide groups is 1. The van der Waals surface area contributed by atoms with Gasteiger partial charge in [-0.05, 0) is 36.6 Å². The first kappa shape index (κ1) is 38.5. The molecule has 43 heavy (non-hydrogen) atoms. The lowest BCUT2D eigenvalue weighted by molar-refractivity contribution is -0.693. The van der Waals surface area contributed by atoms with Crippen molar-refractivity contribution in [3.8, 4) is 17.2 Å². The van der Waals surface area contributed by atoms with Crippen LogP contribution in [0.25, 0.3) is 0 Å². The smallest absolute Gasteiger partial charge is 0.417 e. The number of nitrogens with zero attached hydrogens (tertiary/aromatic N) is 2. The number of unbranched alkanes of at least 4 members (excludes halogenated alkanes) is 11. The number of amides is 2. The quantitative estimate of drug-likeness (QED) is 0.105. The van der Waals surface area contributed by atoms with Crippen LogP contribution in [-0.4, -0.2) is 37.7 Å². The molecule has 2 rings (SSSR count). The van der Waals surface area contributed by atoms with E-state index in [1.165, 1.54) is 71.1 Å². The Kier molecular flexibility index (Phi) is 20.5. The predicted molar refractivity (Wildman–Crippen MR) is 165 cm³/mol. The maximum absolute atomic E-state index is 12.8. The van der Waals surface area contributed by atoms with Crippen molar-refractivity contribution in [2.75, 3.05) is 20.8 Å². The number of methoxy groups -OCH3 is 2. The zero-order chi connectivity index (χ0) is 30.6. The summed E-state index contributed by atoms with van der Waals surface area (Å²) in [5.74, 6) is 1.17. The van der Waals surface area contributed by atoms with Gasteiger partial charge in [-0.3, -0.25) is 4.79 Å². The number of carbonyl (C=O) groups is 2. The molecule has 0 aliphatic rings. The SMILES string of the molecule is CCCCCCCCCCCCCCOc1c(OC)cc(COC(=O)N(Cc2cc[n+](CC)cc2)C(C)=O)cc1OC.[I-]. The van der Waals surface area contributed by atoms with Crippen molar-refractivity contribution in [2.24, 2.45) is 0 Å². The van der Waals surface area contributed by atoms with Crippen molar-refractivity contribution in [2.45, 2.75) is 118 Å². The molecule has 8 nitrogen and oxygen atoms in total. The molecule has 2 aromatic rings. The van der Waals surface area contributed by atoms with Crippen molar-refractivity contribution in [1.82, 2.24) is 4.90 Å². The van der Waals surface area contributed by atoms with Crippen LogP contribution >= 0.6 is 0 Å². The van der Waals surface area contributed by atoms with Gasteiger partial charge in [0.05, 0.1) is 27.4 Å². The van der Waals surface area contributed by atoms with Crippen LogP contribution < -0.4 is 42.8 Å². The summed E-state index contributed by atoms with van der Waals surface area (Å²) >= 11 is 0. The summed E-state index contributed by atoms with van der Waals surface area (Å²) in [5.41, 5.74) is 1.51. The monoisotopic (exact) mass is 712 g/mol. The summed E-state index contributed by atoms with van der Waals surface area (Å²) in [4.78, 5) is 26.1. The van der Waals surface area contributed by atoms with Crippen LogP contribution in [0.15, 0.2) is 36.7 Å². The molecule has 0 N–H and O–H groups in total. The number of pyridine rings is 1. The molecule has 0 spiro atoms. The van der Waals surface area contributed by atoms with Gasteiger partial charge in [0.15, 0.2) is 23.9 Å². The van der Waals surface area contributed by atoms with E-state index < -0.39 is 6.09 Å². The van der Waals surface area contributed by atoms with Crippen LogP contribution in [0.2, 0.25) is 0 Å². The third-order valence-corrected chi connectivity index (χ3v) is 7.39. The van der Waals surface area contributed by atoms with Crippen LogP contribution in [0.4, 0.5) is 4.79 Å². The summed E-state index contributed by atoms with van der Waals surface area (Å²) < 4.78 is 24.7. The van der Waals surface area contributed by atoms with Gasteiger partial charge >= 0.3 is 6.09 Å². The molecule has 0 aliphatic carbocycles. The fourth-order valence-corrected chi connectivity index (χ4v) is 4.79. The van der Waals surface area contributed by atoms with Crippen molar-refractivity contribution in [1.29, 1.82) is 0 Å². The summed E-state index contributed by atoms with van der Waals surface area (Å²) in [6, 6.07) is 7.31. The molecular formula is C34H53IN2O6. The minimum Gasteiger partial charge on any atom is -1.00 e. The lowest BCUT2D eigenvalue weighted by Gasteiger charge is -2.19. The third kappa shape index (κ3) is 14.6. The molecule has 9 heteroatoms. The molecular weight excluding hydrogens is 659 g/mol. The number of ether oxygens (including phenoxy) is 4. The maximum atomic E-state index is 12.8. The minimum atomic E-state index is -0.708. The first-order chi connectivity index (χ1) is 20.4. The highest BCUT2D eigenvalue weighted by atomic mass is 127. The normalized spacial score (nSPS) is 10.5. The number of hydrogen-bond acceptors (Lipinski definition) is 6. The highest BCUT2D eigenvalue weighted by Crippen LogP contribution is 2.39. The fraction of sp³-hybridized carbons (Fsp3) is 0.618. The fourth-order valence-electron chi connectivity index (χ4n) is 4.79.